The van der Waals surface area contributed by atoms with E-state index in [1.54, 1.807) is 35.3 Å². The number of hydroxylamine groups is 1. The van der Waals surface area contributed by atoms with Crippen molar-refractivity contribution in [3.63, 3.8) is 0 Å². The van der Waals surface area contributed by atoms with Crippen LogP contribution in [-0.2, 0) is 19.2 Å². The fraction of sp³-hybridized carbons (Fsp3) is 0.893. The van der Waals surface area contributed by atoms with Gasteiger partial charge in [-0.1, -0.05) is 13.8 Å². The van der Waals surface area contributed by atoms with Gasteiger partial charge in [0.15, 0.2) is 0 Å². The molecule has 0 spiro atoms. The third-order valence-electron chi connectivity index (χ3n) is 6.43. The Morgan fingerprint density at radius 2 is 1.44 bits per heavy atom. The maximum Gasteiger partial charge on any atom is 0.235 e. The zero-order chi connectivity index (χ0) is 34.0. The van der Waals surface area contributed by atoms with Crippen LogP contribution >= 0.6 is 23.5 Å². The Kier molecular flexibility index (Phi) is 27.3. The van der Waals surface area contributed by atoms with Crippen LogP contribution in [0.2, 0.25) is 0 Å². The Bertz CT molecular complexity index is 774. The van der Waals surface area contributed by atoms with Crippen molar-refractivity contribution in [1.82, 2.24) is 41.9 Å². The maximum absolute atomic E-state index is 12.7. The second kappa shape index (κ2) is 28.0. The molecule has 0 rings (SSSR count). The lowest BCUT2D eigenvalue weighted by Gasteiger charge is -2.28. The third kappa shape index (κ3) is 24.7. The molecule has 0 bridgehead atoms. The highest BCUT2D eigenvalue weighted by atomic mass is 32.2. The van der Waals surface area contributed by atoms with Gasteiger partial charge in [-0.25, -0.2) is 0 Å². The van der Waals surface area contributed by atoms with E-state index in [0.29, 0.717) is 57.3 Å². The number of carbonyl (C=O) groups excluding carboxylic acids is 3. The van der Waals surface area contributed by atoms with E-state index in [1.807, 2.05) is 11.2 Å². The van der Waals surface area contributed by atoms with E-state index in [2.05, 4.69) is 45.9 Å². The van der Waals surface area contributed by atoms with Crippen LogP contribution in [0.4, 0.5) is 0 Å². The molecule has 5 atom stereocenters. The smallest absolute Gasteiger partial charge is 0.235 e. The van der Waals surface area contributed by atoms with Crippen molar-refractivity contribution in [3.8, 4) is 0 Å². The van der Waals surface area contributed by atoms with E-state index in [0.717, 1.165) is 18.1 Å². The predicted molar refractivity (Wildman–Crippen MR) is 182 cm³/mol. The first-order valence-corrected chi connectivity index (χ1v) is 17.9. The molecule has 0 aromatic heterocycles. The predicted octanol–water partition coefficient (Wildman–Crippen LogP) is -2.78. The number of aliphatic hydroxyl groups is 3. The molecule has 15 nitrogen and oxygen atoms in total. The van der Waals surface area contributed by atoms with Crippen LogP contribution in [0.5, 0.6) is 0 Å². The average Bonchev–Trinajstić information content (AvgIpc) is 2.96. The minimum Gasteiger partial charge on any atom is -0.391 e. The van der Waals surface area contributed by atoms with Crippen LogP contribution in [0, 0.1) is 0 Å². The van der Waals surface area contributed by atoms with Crippen LogP contribution in [0.15, 0.2) is 0 Å². The summed E-state index contributed by atoms with van der Waals surface area (Å²) in [4.78, 5) is 45.2. The molecule has 0 fully saturated rings. The van der Waals surface area contributed by atoms with Gasteiger partial charge in [-0.3, -0.25) is 24.7 Å². The van der Waals surface area contributed by atoms with Crippen molar-refractivity contribution >= 4 is 41.6 Å². The molecular weight excluding hydrogens is 624 g/mol. The van der Waals surface area contributed by atoms with Gasteiger partial charge in [-0.2, -0.15) is 29.0 Å². The van der Waals surface area contributed by atoms with E-state index < -0.39 is 30.6 Å². The van der Waals surface area contributed by atoms with Crippen molar-refractivity contribution in [2.75, 3.05) is 96.9 Å². The molecule has 0 saturated carbocycles. The Hall–Kier alpha value is -1.09. The van der Waals surface area contributed by atoms with Gasteiger partial charge in [-0.15, -0.1) is 0 Å². The van der Waals surface area contributed by atoms with Gasteiger partial charge in [0.1, 0.15) is 18.7 Å². The van der Waals surface area contributed by atoms with Crippen LogP contribution in [-0.4, -0.2) is 176 Å². The Morgan fingerprint density at radius 3 is 1.98 bits per heavy atom. The fourth-order valence-electron chi connectivity index (χ4n) is 3.99. The van der Waals surface area contributed by atoms with Gasteiger partial charge >= 0.3 is 0 Å². The van der Waals surface area contributed by atoms with Crippen molar-refractivity contribution in [2.24, 2.45) is 0 Å². The fourth-order valence-corrected chi connectivity index (χ4v) is 5.03. The number of nitrogens with one attached hydrogen (secondary N) is 6. The summed E-state index contributed by atoms with van der Waals surface area (Å²) in [6.07, 6.45) is -1.12. The normalized spacial score (nSPS) is 15.2. The highest BCUT2D eigenvalue weighted by molar-refractivity contribution is 7.99. The number of nitrogens with zero attached hydrogens (tertiary/aromatic N) is 2. The minimum atomic E-state index is -1.13. The van der Waals surface area contributed by atoms with Crippen LogP contribution in [0.25, 0.3) is 0 Å². The quantitative estimate of drug-likeness (QED) is 0.0163. The second-order valence-corrected chi connectivity index (χ2v) is 13.6. The Labute approximate surface area is 278 Å². The standard InChI is InChI=1S/C28H60N8O7S2/c1-21(2)45-16-11-31-25(40)17-36(19-26(41)32-24(20-37)22(3)38)14-9-29-7-12-35(13-8-30-10-15-44-6)18-27(42)33-28(23(4)39)34-43-5/h20-24,26,28-30,32,34,38-39,41H,7-19H2,1-6H3,(H,31,40)(H,33,42). The number of hydrogen-bond acceptors (Lipinski definition) is 15. The van der Waals surface area contributed by atoms with E-state index in [1.165, 1.54) is 14.0 Å². The number of aldehydes is 1. The third-order valence-corrected chi connectivity index (χ3v) is 8.15. The number of hydrogen-bond donors (Lipinski definition) is 9. The lowest BCUT2D eigenvalue weighted by molar-refractivity contribution is -0.126. The molecule has 266 valence electrons. The first-order valence-electron chi connectivity index (χ1n) is 15.5. The molecule has 0 aliphatic rings. The SMILES string of the molecule is CONC(NC(=O)CN(CCNCCSC)CCNCCN(CC(=O)NCCSC(C)C)CC(O)NC(C=O)C(C)O)C(C)O. The summed E-state index contributed by atoms with van der Waals surface area (Å²) in [6.45, 7) is 12.3. The van der Waals surface area contributed by atoms with Crippen molar-refractivity contribution in [2.45, 2.75) is 63.6 Å². The highest BCUT2D eigenvalue weighted by Crippen LogP contribution is 2.07. The van der Waals surface area contributed by atoms with Gasteiger partial charge in [-0.05, 0) is 25.4 Å². The monoisotopic (exact) mass is 684 g/mol. The number of aliphatic hydroxyl groups excluding tert-OH is 3. The Balaban J connectivity index is 5.06. The molecule has 17 heteroatoms. The lowest BCUT2D eigenvalue weighted by atomic mass is 10.2. The number of rotatable bonds is 30. The summed E-state index contributed by atoms with van der Waals surface area (Å²) in [7, 11) is 1.41. The first kappa shape index (κ1) is 43.9. The van der Waals surface area contributed by atoms with Gasteiger partial charge in [0.2, 0.25) is 11.8 Å². The molecule has 5 unspecified atom stereocenters. The summed E-state index contributed by atoms with van der Waals surface area (Å²) in [5, 5.41) is 45.7. The lowest BCUT2D eigenvalue weighted by Crippen LogP contribution is -2.54. The number of amides is 2. The van der Waals surface area contributed by atoms with Crippen molar-refractivity contribution in [3.05, 3.63) is 0 Å². The first-order chi connectivity index (χ1) is 21.4. The number of thioether (sulfide) groups is 2. The van der Waals surface area contributed by atoms with E-state index in [4.69, 9.17) is 4.84 Å². The molecule has 0 aliphatic carbocycles. The molecular formula is C28H60N8O7S2. The topological polar surface area (TPSA) is 200 Å². The number of carbonyl (C=O) groups is 3. The molecule has 0 aromatic carbocycles. The summed E-state index contributed by atoms with van der Waals surface area (Å²) >= 11 is 3.51. The molecule has 0 aromatic rings. The summed E-state index contributed by atoms with van der Waals surface area (Å²) in [5.74, 6) is 1.37. The summed E-state index contributed by atoms with van der Waals surface area (Å²) in [5.41, 5.74) is 2.57. The molecule has 9 N–H and O–H groups in total. The van der Waals surface area contributed by atoms with E-state index in [-0.39, 0.29) is 31.4 Å². The largest absolute Gasteiger partial charge is 0.391 e. The van der Waals surface area contributed by atoms with Crippen molar-refractivity contribution < 1.29 is 34.5 Å². The van der Waals surface area contributed by atoms with E-state index in [9.17, 15) is 29.7 Å². The van der Waals surface area contributed by atoms with Crippen LogP contribution in [0.3, 0.4) is 0 Å². The molecule has 0 saturated heterocycles. The zero-order valence-electron chi connectivity index (χ0n) is 27.9. The second-order valence-electron chi connectivity index (χ2n) is 11.0. The molecule has 0 radical (unpaired) electrons. The summed E-state index contributed by atoms with van der Waals surface area (Å²) < 4.78 is 0. The van der Waals surface area contributed by atoms with Gasteiger partial charge in [0.05, 0.1) is 38.4 Å². The van der Waals surface area contributed by atoms with Crippen molar-refractivity contribution in [1.29, 1.82) is 0 Å². The highest BCUT2D eigenvalue weighted by Gasteiger charge is 2.21. The molecule has 0 heterocycles. The maximum atomic E-state index is 12.7. The zero-order valence-corrected chi connectivity index (χ0v) is 29.6. The minimum absolute atomic E-state index is 0.0567. The van der Waals surface area contributed by atoms with Crippen LogP contribution in [0.1, 0.15) is 27.7 Å². The Morgan fingerprint density at radius 1 is 0.844 bits per heavy atom. The average molecular weight is 685 g/mol. The summed E-state index contributed by atoms with van der Waals surface area (Å²) in [6, 6.07) is -0.929. The molecule has 2 amide bonds. The van der Waals surface area contributed by atoms with Crippen LogP contribution < -0.4 is 32.1 Å². The molecule has 45 heavy (non-hydrogen) atoms. The van der Waals surface area contributed by atoms with Gasteiger partial charge in [0, 0.05) is 70.4 Å². The van der Waals surface area contributed by atoms with Gasteiger partial charge in [0.25, 0.3) is 0 Å². The van der Waals surface area contributed by atoms with E-state index >= 15 is 0 Å². The van der Waals surface area contributed by atoms with Gasteiger partial charge < -0.3 is 46.2 Å². The molecule has 0 aliphatic heterocycles.